The lowest BCUT2D eigenvalue weighted by Crippen LogP contribution is -2.26. The second-order valence-electron chi connectivity index (χ2n) is 11.1. The fourth-order valence-electron chi connectivity index (χ4n) is 5.42. The maximum atomic E-state index is 13.3. The van der Waals surface area contributed by atoms with Crippen LogP contribution < -0.4 is 22.1 Å². The van der Waals surface area contributed by atoms with Gasteiger partial charge in [0.1, 0.15) is 0 Å². The molecule has 2 aliphatic rings. The van der Waals surface area contributed by atoms with Gasteiger partial charge in [0.15, 0.2) is 23.1 Å². The lowest BCUT2D eigenvalue weighted by molar-refractivity contribution is -0.116. The van der Waals surface area contributed by atoms with Crippen molar-refractivity contribution in [2.24, 2.45) is 0 Å². The third kappa shape index (κ3) is 8.68. The average molecular weight is 784 g/mol. The Hall–Kier alpha value is -5.07. The van der Waals surface area contributed by atoms with Gasteiger partial charge in [0.2, 0.25) is 17.1 Å². The van der Waals surface area contributed by atoms with Gasteiger partial charge in [-0.1, -0.05) is 48.5 Å². The monoisotopic (exact) mass is 782 g/mol. The van der Waals surface area contributed by atoms with Gasteiger partial charge < -0.3 is 22.1 Å². The number of nitrogens with two attached hydrogens (primary N) is 2. The minimum absolute atomic E-state index is 0.0731. The SMILES string of the molecule is Nc1cccc2c1C(=O)c1c(N)cccc1C2=O.O=C(CCCl)Nc1cccc2c1C(=O)c1c(NC(=O)CCCl)cccc1C2=O.O=C(Cl)CCCl. The zero-order chi connectivity index (χ0) is 38.1. The van der Waals surface area contributed by atoms with Crippen LogP contribution in [-0.4, -0.2) is 57.8 Å². The van der Waals surface area contributed by atoms with E-state index in [0.717, 1.165) is 0 Å². The molecule has 0 radical (unpaired) electrons. The van der Waals surface area contributed by atoms with E-state index in [1.807, 2.05) is 0 Å². The summed E-state index contributed by atoms with van der Waals surface area (Å²) >= 11 is 21.1. The van der Waals surface area contributed by atoms with E-state index in [1.165, 1.54) is 12.1 Å². The number of ketones is 4. The van der Waals surface area contributed by atoms with E-state index in [2.05, 4.69) is 10.6 Å². The molecule has 15 heteroatoms. The molecule has 2 aliphatic carbocycles. The molecule has 0 heterocycles. The normalized spacial score (nSPS) is 12.1. The van der Waals surface area contributed by atoms with E-state index in [9.17, 15) is 33.6 Å². The molecular weight excluding hydrogens is 754 g/mol. The van der Waals surface area contributed by atoms with Crippen LogP contribution in [0.5, 0.6) is 0 Å². The maximum Gasteiger partial charge on any atom is 0.225 e. The van der Waals surface area contributed by atoms with E-state index < -0.39 is 5.78 Å². The summed E-state index contributed by atoms with van der Waals surface area (Å²) in [6, 6.07) is 19.1. The molecule has 4 aromatic rings. The molecule has 0 saturated carbocycles. The Labute approximate surface area is 317 Å². The number of rotatable bonds is 8. The number of anilines is 4. The number of nitrogen functional groups attached to an aromatic ring is 2. The summed E-state index contributed by atoms with van der Waals surface area (Å²) in [6.45, 7) is 0. The number of hydrogen-bond donors (Lipinski definition) is 4. The molecular formula is C37H30Cl4N4O7. The summed E-state index contributed by atoms with van der Waals surface area (Å²) in [5.41, 5.74) is 14.5. The summed E-state index contributed by atoms with van der Waals surface area (Å²) in [6.07, 6.45) is 0.413. The van der Waals surface area contributed by atoms with Gasteiger partial charge in [-0.2, -0.15) is 0 Å². The third-order valence-electron chi connectivity index (χ3n) is 7.69. The molecule has 0 fully saturated rings. The van der Waals surface area contributed by atoms with Gasteiger partial charge in [-0.05, 0) is 35.9 Å². The molecule has 6 rings (SSSR count). The van der Waals surface area contributed by atoms with Crippen molar-refractivity contribution in [1.82, 2.24) is 0 Å². The number of nitrogens with one attached hydrogen (secondary N) is 2. The molecule has 0 aliphatic heterocycles. The Morgan fingerprint density at radius 1 is 0.481 bits per heavy atom. The molecule has 0 spiro atoms. The van der Waals surface area contributed by atoms with Crippen molar-refractivity contribution < 1.29 is 33.6 Å². The quantitative estimate of drug-likeness (QED) is 0.0747. The number of fused-ring (bicyclic) bond motifs is 4. The molecule has 0 unspecified atom stereocenters. The summed E-state index contributed by atoms with van der Waals surface area (Å²) in [5.74, 6) is -1.44. The summed E-state index contributed by atoms with van der Waals surface area (Å²) in [5, 5.41) is 4.89. The highest BCUT2D eigenvalue weighted by molar-refractivity contribution is 6.63. The first-order valence-corrected chi connectivity index (χ1v) is 17.5. The fraction of sp³-hybridized carbons (Fsp3) is 0.162. The first-order chi connectivity index (χ1) is 24.9. The van der Waals surface area contributed by atoms with Crippen LogP contribution in [0.3, 0.4) is 0 Å². The summed E-state index contributed by atoms with van der Waals surface area (Å²) in [4.78, 5) is 84.5. The molecule has 0 bridgehead atoms. The number of alkyl halides is 3. The molecule has 52 heavy (non-hydrogen) atoms. The van der Waals surface area contributed by atoms with Crippen LogP contribution in [0.15, 0.2) is 72.8 Å². The van der Waals surface area contributed by atoms with Crippen molar-refractivity contribution in [1.29, 1.82) is 0 Å². The van der Waals surface area contributed by atoms with Crippen molar-refractivity contribution in [2.75, 3.05) is 39.7 Å². The molecule has 268 valence electrons. The van der Waals surface area contributed by atoms with E-state index in [-0.39, 0.29) is 110 Å². The van der Waals surface area contributed by atoms with Crippen molar-refractivity contribution in [2.45, 2.75) is 19.3 Å². The Kier molecular flexibility index (Phi) is 13.7. The van der Waals surface area contributed by atoms with E-state index in [4.69, 9.17) is 57.9 Å². The third-order valence-corrected chi connectivity index (χ3v) is 8.45. The van der Waals surface area contributed by atoms with Crippen molar-refractivity contribution >= 4 is 109 Å². The van der Waals surface area contributed by atoms with Crippen LogP contribution in [-0.2, 0) is 14.4 Å². The lowest BCUT2D eigenvalue weighted by atomic mass is 9.82. The lowest BCUT2D eigenvalue weighted by Gasteiger charge is -2.22. The van der Waals surface area contributed by atoms with Gasteiger partial charge in [0.05, 0.1) is 33.6 Å². The second-order valence-corrected chi connectivity index (χ2v) is 12.6. The maximum absolute atomic E-state index is 13.3. The van der Waals surface area contributed by atoms with Gasteiger partial charge in [-0.15, -0.1) is 34.8 Å². The number of amides is 2. The highest BCUT2D eigenvalue weighted by Gasteiger charge is 2.35. The molecule has 0 aromatic heterocycles. The smallest absolute Gasteiger partial charge is 0.225 e. The first kappa shape index (κ1) is 39.7. The summed E-state index contributed by atoms with van der Waals surface area (Å²) < 4.78 is 0. The van der Waals surface area contributed by atoms with Crippen LogP contribution in [0.25, 0.3) is 0 Å². The molecule has 2 amide bonds. The predicted octanol–water partition coefficient (Wildman–Crippen LogP) is 6.60. The van der Waals surface area contributed by atoms with Crippen molar-refractivity contribution in [3.8, 4) is 0 Å². The number of carbonyl (C=O) groups excluding carboxylic acids is 7. The van der Waals surface area contributed by atoms with Gasteiger partial charge >= 0.3 is 0 Å². The van der Waals surface area contributed by atoms with Crippen molar-refractivity contribution in [3.63, 3.8) is 0 Å². The number of carbonyl (C=O) groups is 7. The second kappa shape index (κ2) is 17.9. The van der Waals surface area contributed by atoms with Crippen molar-refractivity contribution in [3.05, 3.63) is 117 Å². The average Bonchev–Trinajstić information content (AvgIpc) is 3.10. The number of halogens is 4. The largest absolute Gasteiger partial charge is 0.398 e. The van der Waals surface area contributed by atoms with Crippen LogP contribution >= 0.6 is 46.4 Å². The van der Waals surface area contributed by atoms with Crippen LogP contribution in [0.4, 0.5) is 22.7 Å². The minimum atomic E-state index is -0.451. The van der Waals surface area contributed by atoms with E-state index in [1.54, 1.807) is 60.7 Å². The van der Waals surface area contributed by atoms with Gasteiger partial charge in [0.25, 0.3) is 0 Å². The van der Waals surface area contributed by atoms with Gasteiger partial charge in [-0.3, -0.25) is 33.6 Å². The van der Waals surface area contributed by atoms with Crippen LogP contribution in [0, 0.1) is 0 Å². The molecule has 0 atom stereocenters. The Balaban J connectivity index is 0.000000214. The van der Waals surface area contributed by atoms with Crippen LogP contribution in [0.1, 0.15) is 82.9 Å². The van der Waals surface area contributed by atoms with E-state index in [0.29, 0.717) is 28.4 Å². The minimum Gasteiger partial charge on any atom is -0.398 e. The molecule has 4 aromatic carbocycles. The molecule has 0 saturated heterocycles. The zero-order valence-corrected chi connectivity index (χ0v) is 30.2. The first-order valence-electron chi connectivity index (χ1n) is 15.5. The summed E-state index contributed by atoms with van der Waals surface area (Å²) in [7, 11) is 0. The van der Waals surface area contributed by atoms with Gasteiger partial charge in [0, 0.05) is 70.5 Å². The van der Waals surface area contributed by atoms with Crippen LogP contribution in [0.2, 0.25) is 0 Å². The Bertz CT molecular complexity index is 1990. The number of benzene rings is 4. The fourth-order valence-corrected chi connectivity index (χ4v) is 6.12. The highest BCUT2D eigenvalue weighted by atomic mass is 35.5. The Morgan fingerprint density at radius 2 is 0.808 bits per heavy atom. The molecule has 11 nitrogen and oxygen atoms in total. The topological polar surface area (TPSA) is 196 Å². The highest BCUT2D eigenvalue weighted by Crippen LogP contribution is 2.36. The van der Waals surface area contributed by atoms with Gasteiger partial charge in [-0.25, -0.2) is 0 Å². The number of hydrogen-bond acceptors (Lipinski definition) is 9. The Morgan fingerprint density at radius 3 is 1.13 bits per heavy atom. The zero-order valence-electron chi connectivity index (χ0n) is 27.2. The predicted molar refractivity (Wildman–Crippen MR) is 202 cm³/mol. The standard InChI is InChI=1S/C20H16Cl2N2O4.C14H10N2O2.C3H4Cl2O/c21-9-7-15(25)23-13-5-1-3-11-17(13)20(28)18-12(19(11)27)4-2-6-14(18)24-16(26)8-10-22;15-9-5-1-3-7-11(9)14(18)12-8(13(7)17)4-2-6-10(12)16;4-2-1-3(5)6/h1-6H,7-10H2,(H,23,25)(H,24,26);1-6H,15-16H2;1-2H2. The van der Waals surface area contributed by atoms with E-state index >= 15 is 0 Å². The molecule has 6 N–H and O–H groups in total.